The van der Waals surface area contributed by atoms with Crippen LogP contribution in [0.4, 0.5) is 0 Å². The van der Waals surface area contributed by atoms with Gasteiger partial charge in [-0.1, -0.05) is 84.0 Å². The summed E-state index contributed by atoms with van der Waals surface area (Å²) in [5.41, 5.74) is 0. The van der Waals surface area contributed by atoms with Gasteiger partial charge in [-0.15, -0.1) is 0 Å². The highest BCUT2D eigenvalue weighted by Gasteiger charge is 2.24. The lowest BCUT2D eigenvalue weighted by atomic mass is 10.0. The fourth-order valence-corrected chi connectivity index (χ4v) is 3.60. The smallest absolute Gasteiger partial charge is 0.105 e. The SMILES string of the molecule is CCCCCCCCCCCCCC[C@H](O)C[N+](C)(CCO)CCO.[Cl-]. The summed E-state index contributed by atoms with van der Waals surface area (Å²) in [6.45, 7) is 4.27. The molecule has 0 saturated carbocycles. The highest BCUT2D eigenvalue weighted by atomic mass is 35.5. The van der Waals surface area contributed by atoms with Crippen LogP contribution < -0.4 is 12.4 Å². The molecule has 0 spiro atoms. The van der Waals surface area contributed by atoms with Crippen molar-refractivity contribution in [2.75, 3.05) is 39.9 Å². The molecule has 4 nitrogen and oxygen atoms in total. The van der Waals surface area contributed by atoms with Crippen LogP contribution in [-0.4, -0.2) is 65.8 Å². The van der Waals surface area contributed by atoms with Crippen molar-refractivity contribution in [3.63, 3.8) is 0 Å². The predicted molar refractivity (Wildman–Crippen MR) is 107 cm³/mol. The van der Waals surface area contributed by atoms with Crippen LogP contribution in [0.5, 0.6) is 0 Å². The van der Waals surface area contributed by atoms with Gasteiger partial charge >= 0.3 is 0 Å². The second-order valence-electron chi connectivity index (χ2n) is 8.03. The molecule has 3 N–H and O–H groups in total. The predicted octanol–water partition coefficient (Wildman–Crippen LogP) is 0.874. The third-order valence-electron chi connectivity index (χ3n) is 5.32. The van der Waals surface area contributed by atoms with E-state index < -0.39 is 0 Å². The summed E-state index contributed by atoms with van der Waals surface area (Å²) >= 11 is 0. The number of nitrogens with zero attached hydrogens (tertiary/aromatic N) is 1. The van der Waals surface area contributed by atoms with Gasteiger partial charge in [-0.25, -0.2) is 0 Å². The van der Waals surface area contributed by atoms with E-state index in [1.807, 2.05) is 7.05 Å². The molecule has 0 heterocycles. The van der Waals surface area contributed by atoms with Crippen LogP contribution in [0.3, 0.4) is 0 Å². The molecule has 0 aliphatic rings. The Morgan fingerprint density at radius 2 is 1.08 bits per heavy atom. The largest absolute Gasteiger partial charge is 1.00 e. The van der Waals surface area contributed by atoms with Crippen LogP contribution in [0.1, 0.15) is 90.4 Å². The van der Waals surface area contributed by atoms with Gasteiger partial charge in [0.1, 0.15) is 25.7 Å². The van der Waals surface area contributed by atoms with Crippen LogP contribution in [-0.2, 0) is 0 Å². The Labute approximate surface area is 169 Å². The lowest BCUT2D eigenvalue weighted by molar-refractivity contribution is -0.913. The van der Waals surface area contributed by atoms with Crippen molar-refractivity contribution in [2.24, 2.45) is 0 Å². The molecule has 0 radical (unpaired) electrons. The van der Waals surface area contributed by atoms with Crippen LogP contribution in [0.2, 0.25) is 0 Å². The van der Waals surface area contributed by atoms with E-state index in [1.54, 1.807) is 0 Å². The Hall–Kier alpha value is 0.130. The molecule has 0 aliphatic carbocycles. The minimum Gasteiger partial charge on any atom is -1.00 e. The number of hydrogen-bond acceptors (Lipinski definition) is 3. The molecular weight excluding hydrogens is 350 g/mol. The second kappa shape index (κ2) is 19.9. The van der Waals surface area contributed by atoms with Crippen molar-refractivity contribution in [2.45, 2.75) is 96.5 Å². The van der Waals surface area contributed by atoms with Gasteiger partial charge in [0, 0.05) is 0 Å². The van der Waals surface area contributed by atoms with Gasteiger partial charge in [-0.05, 0) is 6.42 Å². The van der Waals surface area contributed by atoms with Crippen molar-refractivity contribution in [1.82, 2.24) is 0 Å². The summed E-state index contributed by atoms with van der Waals surface area (Å²) in [5, 5.41) is 28.5. The number of aliphatic hydroxyl groups excluding tert-OH is 3. The molecule has 160 valence electrons. The second-order valence-corrected chi connectivity index (χ2v) is 8.03. The van der Waals surface area contributed by atoms with Gasteiger partial charge in [-0.3, -0.25) is 0 Å². The quantitative estimate of drug-likeness (QED) is 0.225. The average molecular weight is 396 g/mol. The third-order valence-corrected chi connectivity index (χ3v) is 5.32. The van der Waals surface area contributed by atoms with Crippen LogP contribution in [0.25, 0.3) is 0 Å². The topological polar surface area (TPSA) is 60.7 Å². The molecule has 0 aliphatic heterocycles. The summed E-state index contributed by atoms with van der Waals surface area (Å²) in [7, 11) is 2.00. The van der Waals surface area contributed by atoms with Crippen molar-refractivity contribution >= 4 is 0 Å². The Morgan fingerprint density at radius 3 is 1.46 bits per heavy atom. The molecular formula is C21H46ClNO3. The first-order valence-corrected chi connectivity index (χ1v) is 10.8. The van der Waals surface area contributed by atoms with Gasteiger partial charge in [0.2, 0.25) is 0 Å². The number of hydrogen-bond donors (Lipinski definition) is 3. The third kappa shape index (κ3) is 17.5. The number of quaternary nitrogens is 1. The summed E-state index contributed by atoms with van der Waals surface area (Å²) in [6, 6.07) is 0. The van der Waals surface area contributed by atoms with Crippen LogP contribution >= 0.6 is 0 Å². The maximum absolute atomic E-state index is 10.2. The Kier molecular flexibility index (Phi) is 21.7. The summed E-state index contributed by atoms with van der Waals surface area (Å²) < 4.78 is 0.548. The Balaban J connectivity index is 0. The van der Waals surface area contributed by atoms with E-state index >= 15 is 0 Å². The lowest BCUT2D eigenvalue weighted by Gasteiger charge is -2.35. The van der Waals surface area contributed by atoms with Crippen molar-refractivity contribution in [3.05, 3.63) is 0 Å². The summed E-state index contributed by atoms with van der Waals surface area (Å²) in [6.07, 6.45) is 16.5. The maximum atomic E-state index is 10.2. The Bertz CT molecular complexity index is 274. The number of unbranched alkanes of at least 4 members (excludes halogenated alkanes) is 11. The number of likely N-dealkylation sites (N-methyl/N-ethyl adjacent to an activating group) is 1. The van der Waals surface area contributed by atoms with E-state index in [1.165, 1.54) is 70.6 Å². The van der Waals surface area contributed by atoms with E-state index in [0.717, 1.165) is 12.8 Å². The van der Waals surface area contributed by atoms with Crippen molar-refractivity contribution in [3.8, 4) is 0 Å². The molecule has 0 amide bonds. The normalized spacial score (nSPS) is 12.8. The molecule has 0 unspecified atom stereocenters. The number of halogens is 1. The molecule has 0 saturated heterocycles. The van der Waals surface area contributed by atoms with Gasteiger partial charge in [0.05, 0.1) is 20.3 Å². The fraction of sp³-hybridized carbons (Fsp3) is 1.00. The first-order chi connectivity index (χ1) is 12.1. The van der Waals surface area contributed by atoms with E-state index in [-0.39, 0.29) is 31.7 Å². The average Bonchev–Trinajstić information content (AvgIpc) is 2.56. The zero-order chi connectivity index (χ0) is 18.8. The molecule has 0 rings (SSSR count). The zero-order valence-electron chi connectivity index (χ0n) is 17.5. The van der Waals surface area contributed by atoms with Crippen LogP contribution in [0, 0.1) is 0 Å². The molecule has 0 aromatic carbocycles. The van der Waals surface area contributed by atoms with Gasteiger partial charge < -0.3 is 32.2 Å². The molecule has 1 atom stereocenters. The van der Waals surface area contributed by atoms with Gasteiger partial charge in [-0.2, -0.15) is 0 Å². The summed E-state index contributed by atoms with van der Waals surface area (Å²) in [5.74, 6) is 0. The van der Waals surface area contributed by atoms with E-state index in [9.17, 15) is 5.11 Å². The molecule has 0 bridgehead atoms. The molecule has 5 heteroatoms. The molecule has 0 aromatic rings. The highest BCUT2D eigenvalue weighted by Crippen LogP contribution is 2.14. The lowest BCUT2D eigenvalue weighted by Crippen LogP contribution is -3.00. The fourth-order valence-electron chi connectivity index (χ4n) is 3.60. The van der Waals surface area contributed by atoms with E-state index in [4.69, 9.17) is 10.2 Å². The monoisotopic (exact) mass is 395 g/mol. The molecule has 0 fully saturated rings. The van der Waals surface area contributed by atoms with Crippen LogP contribution in [0.15, 0.2) is 0 Å². The van der Waals surface area contributed by atoms with Crippen molar-refractivity contribution in [1.29, 1.82) is 0 Å². The maximum Gasteiger partial charge on any atom is 0.105 e. The zero-order valence-corrected chi connectivity index (χ0v) is 18.2. The van der Waals surface area contributed by atoms with Gasteiger partial charge in [0.25, 0.3) is 0 Å². The minimum absolute atomic E-state index is 0. The highest BCUT2D eigenvalue weighted by molar-refractivity contribution is 4.57. The Morgan fingerprint density at radius 1 is 0.692 bits per heavy atom. The summed E-state index contributed by atoms with van der Waals surface area (Å²) in [4.78, 5) is 0. The van der Waals surface area contributed by atoms with Gasteiger partial charge in [0.15, 0.2) is 0 Å². The molecule has 0 aromatic heterocycles. The number of aliphatic hydroxyl groups is 3. The first kappa shape index (κ1) is 28.3. The molecule has 26 heavy (non-hydrogen) atoms. The first-order valence-electron chi connectivity index (χ1n) is 10.8. The standard InChI is InChI=1S/C21H46NO3.ClH/c1-3-4-5-6-7-8-9-10-11-12-13-14-15-21(25)20-22(2,16-18-23)17-19-24;/h21,23-25H,3-20H2,1-2H3;1H/q+1;/p-1/t21-;/m0./s1. The number of rotatable bonds is 19. The van der Waals surface area contributed by atoms with Crippen molar-refractivity contribution < 1.29 is 32.2 Å². The van der Waals surface area contributed by atoms with E-state index in [2.05, 4.69) is 6.92 Å². The minimum atomic E-state index is -0.328. The van der Waals surface area contributed by atoms with E-state index in [0.29, 0.717) is 24.1 Å².